The third-order valence-electron chi connectivity index (χ3n) is 3.73. The van der Waals surface area contributed by atoms with E-state index in [0.29, 0.717) is 5.13 Å². The Kier molecular flexibility index (Phi) is 6.54. The van der Waals surface area contributed by atoms with E-state index in [1.54, 1.807) is 6.20 Å². The third-order valence-corrected chi connectivity index (χ3v) is 4.46. The highest BCUT2D eigenvalue weighted by Gasteiger charge is 2.23. The van der Waals surface area contributed by atoms with Crippen molar-refractivity contribution in [2.24, 2.45) is 0 Å². The number of nitrogens with zero attached hydrogens (tertiary/aromatic N) is 2. The van der Waals surface area contributed by atoms with Crippen molar-refractivity contribution in [3.05, 3.63) is 83.4 Å². The number of imide groups is 1. The fourth-order valence-corrected chi connectivity index (χ4v) is 2.90. The minimum absolute atomic E-state index is 0.0409. The Morgan fingerprint density at radius 1 is 1.00 bits per heavy atom. The molecule has 3 aromatic rings. The van der Waals surface area contributed by atoms with Crippen molar-refractivity contribution in [3.8, 4) is 0 Å². The monoisotopic (exact) mass is 381 g/mol. The van der Waals surface area contributed by atoms with Crippen LogP contribution in [0.5, 0.6) is 0 Å². The average Bonchev–Trinajstić information content (AvgIpc) is 3.24. The number of thiazole rings is 1. The van der Waals surface area contributed by atoms with Crippen LogP contribution in [0.25, 0.3) is 0 Å². The predicted molar refractivity (Wildman–Crippen MR) is 104 cm³/mol. The predicted octanol–water partition coefficient (Wildman–Crippen LogP) is 3.92. The first-order valence-electron chi connectivity index (χ1n) is 8.41. The van der Waals surface area contributed by atoms with E-state index in [1.807, 2.05) is 66.0 Å². The number of hydrogen-bond donors (Lipinski definition) is 1. The largest absolute Gasteiger partial charge is 0.444 e. The summed E-state index contributed by atoms with van der Waals surface area (Å²) in [6.45, 7) is 0.214. The topological polar surface area (TPSA) is 71.5 Å². The van der Waals surface area contributed by atoms with Gasteiger partial charge in [0.2, 0.25) is 0 Å². The molecule has 2 aromatic carbocycles. The van der Waals surface area contributed by atoms with Crippen molar-refractivity contribution in [3.63, 3.8) is 0 Å². The first kappa shape index (κ1) is 18.6. The van der Waals surface area contributed by atoms with Gasteiger partial charge in [-0.25, -0.2) is 14.7 Å². The third kappa shape index (κ3) is 5.65. The van der Waals surface area contributed by atoms with Gasteiger partial charge in [-0.3, -0.25) is 4.79 Å². The average molecular weight is 381 g/mol. The first-order valence-corrected chi connectivity index (χ1v) is 9.28. The fourth-order valence-electron chi connectivity index (χ4n) is 2.38. The molecule has 0 atom stereocenters. The molecule has 0 bridgehead atoms. The second-order valence-corrected chi connectivity index (χ2v) is 6.59. The number of rotatable bonds is 7. The number of anilines is 1. The van der Waals surface area contributed by atoms with Crippen LogP contribution in [0.4, 0.5) is 9.93 Å². The standard InChI is InChI=1S/C20H19N3O3S/c24-18(13-22-19-21-11-12-27-19)23(14-16-7-3-1-4-8-16)20(25)26-15-17-9-5-2-6-10-17/h1-12H,13-15H2,(H,21,22). The van der Waals surface area contributed by atoms with Crippen LogP contribution < -0.4 is 5.32 Å². The molecule has 138 valence electrons. The second-order valence-electron chi connectivity index (χ2n) is 5.70. The van der Waals surface area contributed by atoms with Crippen LogP contribution in [-0.4, -0.2) is 28.4 Å². The van der Waals surface area contributed by atoms with Crippen molar-refractivity contribution >= 4 is 28.5 Å². The fraction of sp³-hybridized carbons (Fsp3) is 0.150. The Morgan fingerprint density at radius 3 is 2.30 bits per heavy atom. The molecule has 0 spiro atoms. The summed E-state index contributed by atoms with van der Waals surface area (Å²) in [4.78, 5) is 30.4. The Bertz CT molecular complexity index is 855. The van der Waals surface area contributed by atoms with Crippen LogP contribution in [0.15, 0.2) is 72.2 Å². The minimum atomic E-state index is -0.673. The maximum Gasteiger partial charge on any atom is 0.417 e. The van der Waals surface area contributed by atoms with Crippen LogP contribution in [-0.2, 0) is 22.7 Å². The smallest absolute Gasteiger partial charge is 0.417 e. The lowest BCUT2D eigenvalue weighted by Crippen LogP contribution is -2.40. The van der Waals surface area contributed by atoms with Crippen molar-refractivity contribution in [1.29, 1.82) is 0 Å². The van der Waals surface area contributed by atoms with Gasteiger partial charge >= 0.3 is 6.09 Å². The van der Waals surface area contributed by atoms with E-state index in [4.69, 9.17) is 4.74 Å². The van der Waals surface area contributed by atoms with Crippen LogP contribution in [0.3, 0.4) is 0 Å². The van der Waals surface area contributed by atoms with Gasteiger partial charge in [0.05, 0.1) is 13.1 Å². The van der Waals surface area contributed by atoms with E-state index in [-0.39, 0.29) is 25.6 Å². The highest BCUT2D eigenvalue weighted by molar-refractivity contribution is 7.13. The number of nitrogens with one attached hydrogen (secondary N) is 1. The number of aromatic nitrogens is 1. The molecule has 0 aliphatic heterocycles. The quantitative estimate of drug-likeness (QED) is 0.672. The molecule has 27 heavy (non-hydrogen) atoms. The van der Waals surface area contributed by atoms with Gasteiger partial charge in [0, 0.05) is 11.6 Å². The number of benzene rings is 2. The summed E-state index contributed by atoms with van der Waals surface area (Å²) in [6, 6.07) is 18.7. The van der Waals surface area contributed by atoms with Crippen molar-refractivity contribution in [1.82, 2.24) is 9.88 Å². The lowest BCUT2D eigenvalue weighted by molar-refractivity contribution is -0.128. The summed E-state index contributed by atoms with van der Waals surface area (Å²) in [5, 5.41) is 5.36. The van der Waals surface area contributed by atoms with Crippen LogP contribution in [0, 0.1) is 0 Å². The van der Waals surface area contributed by atoms with Crippen molar-refractivity contribution in [2.75, 3.05) is 11.9 Å². The Morgan fingerprint density at radius 2 is 1.67 bits per heavy atom. The van der Waals surface area contributed by atoms with E-state index >= 15 is 0 Å². The summed E-state index contributed by atoms with van der Waals surface area (Å²) >= 11 is 1.39. The Hall–Kier alpha value is -3.19. The van der Waals surface area contributed by atoms with Crippen LogP contribution in [0.2, 0.25) is 0 Å². The zero-order chi connectivity index (χ0) is 18.9. The van der Waals surface area contributed by atoms with Crippen LogP contribution >= 0.6 is 11.3 Å². The number of carbonyl (C=O) groups is 2. The molecule has 7 heteroatoms. The van der Waals surface area contributed by atoms with E-state index in [1.165, 1.54) is 11.3 Å². The summed E-state index contributed by atoms with van der Waals surface area (Å²) in [6.07, 6.45) is 0.974. The lowest BCUT2D eigenvalue weighted by Gasteiger charge is -2.21. The highest BCUT2D eigenvalue weighted by Crippen LogP contribution is 2.12. The number of ether oxygens (including phenoxy) is 1. The van der Waals surface area contributed by atoms with Gasteiger partial charge in [0.15, 0.2) is 5.13 Å². The van der Waals surface area contributed by atoms with Gasteiger partial charge in [-0.2, -0.15) is 0 Å². The molecule has 0 aliphatic carbocycles. The molecule has 6 nitrogen and oxygen atoms in total. The maximum absolute atomic E-state index is 12.6. The molecule has 2 amide bonds. The van der Waals surface area contributed by atoms with Gasteiger partial charge in [-0.1, -0.05) is 60.7 Å². The molecule has 0 fully saturated rings. The summed E-state index contributed by atoms with van der Waals surface area (Å²) in [5.41, 5.74) is 1.70. The van der Waals surface area contributed by atoms with Gasteiger partial charge < -0.3 is 10.1 Å². The first-order chi connectivity index (χ1) is 13.2. The normalized spacial score (nSPS) is 10.2. The number of carbonyl (C=O) groups excluding carboxylic acids is 2. The van der Waals surface area contributed by atoms with E-state index < -0.39 is 6.09 Å². The lowest BCUT2D eigenvalue weighted by atomic mass is 10.2. The molecule has 1 heterocycles. The zero-order valence-electron chi connectivity index (χ0n) is 14.6. The van der Waals surface area contributed by atoms with E-state index in [2.05, 4.69) is 10.3 Å². The molecule has 0 unspecified atom stereocenters. The van der Waals surface area contributed by atoms with Crippen molar-refractivity contribution in [2.45, 2.75) is 13.2 Å². The van der Waals surface area contributed by atoms with Gasteiger partial charge in [-0.15, -0.1) is 11.3 Å². The molecule has 0 saturated carbocycles. The molecule has 1 N–H and O–H groups in total. The zero-order valence-corrected chi connectivity index (χ0v) is 15.4. The molecule has 3 rings (SSSR count). The van der Waals surface area contributed by atoms with Gasteiger partial charge in [0.1, 0.15) is 6.61 Å². The SMILES string of the molecule is O=C(CNc1nccs1)N(Cc1ccccc1)C(=O)OCc1ccccc1. The molecule has 0 radical (unpaired) electrons. The molecule has 1 aromatic heterocycles. The summed E-state index contributed by atoms with van der Waals surface area (Å²) in [5.74, 6) is -0.382. The van der Waals surface area contributed by atoms with Crippen molar-refractivity contribution < 1.29 is 14.3 Å². The van der Waals surface area contributed by atoms with Crippen LogP contribution in [0.1, 0.15) is 11.1 Å². The number of hydrogen-bond acceptors (Lipinski definition) is 6. The number of amides is 2. The minimum Gasteiger partial charge on any atom is -0.444 e. The maximum atomic E-state index is 12.6. The highest BCUT2D eigenvalue weighted by atomic mass is 32.1. The summed E-state index contributed by atoms with van der Waals surface area (Å²) in [7, 11) is 0. The second kappa shape index (κ2) is 9.49. The van der Waals surface area contributed by atoms with Gasteiger partial charge in [-0.05, 0) is 11.1 Å². The molecular weight excluding hydrogens is 362 g/mol. The Labute approximate surface area is 161 Å². The summed E-state index contributed by atoms with van der Waals surface area (Å²) < 4.78 is 5.35. The van der Waals surface area contributed by atoms with Gasteiger partial charge in [0.25, 0.3) is 5.91 Å². The van der Waals surface area contributed by atoms with E-state index in [9.17, 15) is 9.59 Å². The molecule has 0 aliphatic rings. The molecule has 0 saturated heterocycles. The van der Waals surface area contributed by atoms with E-state index in [0.717, 1.165) is 16.0 Å². The molecular formula is C20H19N3O3S. The Balaban J connectivity index is 1.66.